The lowest BCUT2D eigenvalue weighted by Crippen LogP contribution is -2.52. The third-order valence-corrected chi connectivity index (χ3v) is 8.85. The summed E-state index contributed by atoms with van der Waals surface area (Å²) in [5.41, 5.74) is 1.46. The van der Waals surface area contributed by atoms with Crippen molar-refractivity contribution in [2.45, 2.75) is 75.6 Å². The zero-order valence-corrected chi connectivity index (χ0v) is 23.1. The van der Waals surface area contributed by atoms with Gasteiger partial charge in [0.25, 0.3) is 5.91 Å². The van der Waals surface area contributed by atoms with Gasteiger partial charge in [0.05, 0.1) is 11.1 Å². The van der Waals surface area contributed by atoms with E-state index in [1.54, 1.807) is 0 Å². The Labute approximate surface area is 237 Å². The molecule has 1 amide bonds. The van der Waals surface area contributed by atoms with Gasteiger partial charge < -0.3 is 19.4 Å². The maximum absolute atomic E-state index is 15.6. The first-order valence-electron chi connectivity index (χ1n) is 14.3. The number of likely N-dealkylation sites (tertiary alicyclic amines) is 1. The van der Waals surface area contributed by atoms with Gasteiger partial charge >= 0.3 is 5.92 Å². The Morgan fingerprint density at radius 3 is 2.50 bits per heavy atom. The van der Waals surface area contributed by atoms with Crippen LogP contribution in [-0.4, -0.2) is 42.6 Å². The first-order chi connectivity index (χ1) is 19.3. The number of furan rings is 1. The van der Waals surface area contributed by atoms with Crippen molar-refractivity contribution in [2.75, 3.05) is 19.6 Å². The Kier molecular flexibility index (Phi) is 7.75. The second-order valence-electron chi connectivity index (χ2n) is 11.5. The summed E-state index contributed by atoms with van der Waals surface area (Å²) in [6.45, 7) is 1.50. The molecule has 2 saturated carbocycles. The summed E-state index contributed by atoms with van der Waals surface area (Å²) in [6.07, 6.45) is 7.33. The molecule has 0 bridgehead atoms. The molecule has 3 aromatic rings. The van der Waals surface area contributed by atoms with Crippen molar-refractivity contribution in [1.82, 2.24) is 10.2 Å². The lowest BCUT2D eigenvalue weighted by molar-refractivity contribution is -0.150. The van der Waals surface area contributed by atoms with E-state index in [2.05, 4.69) is 10.2 Å². The summed E-state index contributed by atoms with van der Waals surface area (Å²) in [5.74, 6) is -5.34. The van der Waals surface area contributed by atoms with E-state index in [0.29, 0.717) is 28.3 Å². The molecule has 9 heteroatoms. The maximum atomic E-state index is 15.6. The van der Waals surface area contributed by atoms with Crippen molar-refractivity contribution in [3.05, 3.63) is 64.4 Å². The molecule has 1 saturated heterocycles. The number of alkyl halides is 3. The van der Waals surface area contributed by atoms with Gasteiger partial charge in [-0.2, -0.15) is 8.78 Å². The molecule has 3 aliphatic rings. The van der Waals surface area contributed by atoms with Crippen LogP contribution in [0.5, 0.6) is 5.75 Å². The van der Waals surface area contributed by atoms with Crippen LogP contribution in [0.4, 0.5) is 13.2 Å². The van der Waals surface area contributed by atoms with Crippen molar-refractivity contribution in [3.8, 4) is 5.75 Å². The van der Waals surface area contributed by atoms with Gasteiger partial charge in [-0.15, -0.1) is 0 Å². The first kappa shape index (κ1) is 27.5. The molecule has 3 fully saturated rings. The second-order valence-corrected chi connectivity index (χ2v) is 11.9. The zero-order valence-electron chi connectivity index (χ0n) is 22.3. The normalized spacial score (nSPS) is 19.9. The molecule has 6 rings (SSSR count). The lowest BCUT2D eigenvalue weighted by Gasteiger charge is -2.41. The topological polar surface area (TPSA) is 54.7 Å². The number of amides is 1. The van der Waals surface area contributed by atoms with Gasteiger partial charge in [-0.1, -0.05) is 30.2 Å². The molecule has 0 unspecified atom stereocenters. The minimum absolute atomic E-state index is 0.177. The average Bonchev–Trinajstić information content (AvgIpc) is 3.38. The molecule has 214 valence electrons. The minimum Gasteiger partial charge on any atom is -0.489 e. The van der Waals surface area contributed by atoms with E-state index in [0.717, 1.165) is 69.7 Å². The molecule has 2 aromatic carbocycles. The van der Waals surface area contributed by atoms with Crippen LogP contribution in [-0.2, 0) is 17.4 Å². The summed E-state index contributed by atoms with van der Waals surface area (Å²) in [5, 5.41) is 3.58. The van der Waals surface area contributed by atoms with Crippen LogP contribution in [0.15, 0.2) is 46.9 Å². The molecule has 0 spiro atoms. The number of nitrogens with zero attached hydrogens (tertiary/aromatic N) is 1. The summed E-state index contributed by atoms with van der Waals surface area (Å²) >= 11 is 6.63. The molecule has 0 radical (unpaired) electrons. The van der Waals surface area contributed by atoms with E-state index in [9.17, 15) is 9.18 Å². The number of halogens is 4. The molecule has 2 atom stereocenters. The number of ether oxygens (including phenoxy) is 1. The number of carbonyl (C=O) groups is 1. The van der Waals surface area contributed by atoms with Crippen LogP contribution in [0.3, 0.4) is 0 Å². The molecule has 40 heavy (non-hydrogen) atoms. The van der Waals surface area contributed by atoms with Crippen molar-refractivity contribution >= 4 is 28.5 Å². The molecule has 1 aliphatic heterocycles. The van der Waals surface area contributed by atoms with Crippen LogP contribution < -0.4 is 10.1 Å². The third kappa shape index (κ3) is 5.70. The first-order valence-corrected chi connectivity index (χ1v) is 14.7. The fourth-order valence-electron chi connectivity index (χ4n) is 6.01. The van der Waals surface area contributed by atoms with Crippen LogP contribution in [0.2, 0.25) is 5.02 Å². The number of fused-ring (bicyclic) bond motifs is 1. The monoisotopic (exact) mass is 574 g/mol. The number of nitrogens with one attached hydrogen (secondary N) is 1. The molecule has 5 nitrogen and oxygen atoms in total. The van der Waals surface area contributed by atoms with E-state index in [1.165, 1.54) is 18.2 Å². The molecule has 2 aliphatic carbocycles. The summed E-state index contributed by atoms with van der Waals surface area (Å²) in [4.78, 5) is 15.6. The van der Waals surface area contributed by atoms with Crippen molar-refractivity contribution in [2.24, 2.45) is 5.92 Å². The number of benzene rings is 2. The highest BCUT2D eigenvalue weighted by Gasteiger charge is 2.47. The van der Waals surface area contributed by atoms with E-state index in [-0.39, 0.29) is 23.5 Å². The molecule has 1 aromatic heterocycles. The third-order valence-electron chi connectivity index (χ3n) is 8.55. The van der Waals surface area contributed by atoms with E-state index < -0.39 is 30.3 Å². The van der Waals surface area contributed by atoms with Crippen LogP contribution in [0.1, 0.15) is 67.8 Å². The van der Waals surface area contributed by atoms with E-state index in [4.69, 9.17) is 20.8 Å². The standard InChI is InChI=1S/C31H34ClF3N2O3/c32-24-15-21(7-11-27(24)39-23-8-9-23)29(20-4-3-5-20)25(18-37-12-1-2-13-37)36-30(38)31(34,35)28-16-22-14-19(17-33)6-10-26(22)40-28/h6-7,10-11,14-16,20,23,25,29H,1-5,8-9,12-13,17-18H2,(H,36,38)/t25-,29+/m1/s1. The predicted molar refractivity (Wildman–Crippen MR) is 148 cm³/mol. The molecular formula is C31H34ClF3N2O3. The van der Waals surface area contributed by atoms with Crippen molar-refractivity contribution in [1.29, 1.82) is 0 Å². The molecule has 2 heterocycles. The Hall–Kier alpha value is -2.71. The van der Waals surface area contributed by atoms with Crippen LogP contribution in [0, 0.1) is 5.92 Å². The van der Waals surface area contributed by atoms with Crippen LogP contribution in [0.25, 0.3) is 11.0 Å². The summed E-state index contributed by atoms with van der Waals surface area (Å²) in [6, 6.07) is 10.7. The zero-order chi connectivity index (χ0) is 27.9. The Morgan fingerprint density at radius 1 is 1.07 bits per heavy atom. The van der Waals surface area contributed by atoms with Gasteiger partial charge in [0.2, 0.25) is 0 Å². The van der Waals surface area contributed by atoms with Gasteiger partial charge in [0.15, 0.2) is 5.76 Å². The number of hydrogen-bond donors (Lipinski definition) is 1. The smallest absolute Gasteiger partial charge is 0.380 e. The highest BCUT2D eigenvalue weighted by molar-refractivity contribution is 6.32. The average molecular weight is 575 g/mol. The number of rotatable bonds is 11. The largest absolute Gasteiger partial charge is 0.489 e. The van der Waals surface area contributed by atoms with Gasteiger partial charge in [-0.25, -0.2) is 4.39 Å². The predicted octanol–water partition coefficient (Wildman–Crippen LogP) is 7.35. The second kappa shape index (κ2) is 11.3. The lowest BCUT2D eigenvalue weighted by atomic mass is 9.69. The highest BCUT2D eigenvalue weighted by atomic mass is 35.5. The Balaban J connectivity index is 1.29. The minimum atomic E-state index is -3.90. The van der Waals surface area contributed by atoms with E-state index >= 15 is 8.78 Å². The van der Waals surface area contributed by atoms with Gasteiger partial charge in [-0.3, -0.25) is 4.79 Å². The van der Waals surface area contributed by atoms with Gasteiger partial charge in [0.1, 0.15) is 18.0 Å². The fraction of sp³-hybridized carbons (Fsp3) is 0.516. The number of hydrogen-bond acceptors (Lipinski definition) is 4. The Morgan fingerprint density at radius 2 is 1.85 bits per heavy atom. The molecule has 1 N–H and O–H groups in total. The Bertz CT molecular complexity index is 1370. The van der Waals surface area contributed by atoms with Gasteiger partial charge in [-0.05, 0) is 99.0 Å². The summed E-state index contributed by atoms with van der Waals surface area (Å²) in [7, 11) is 0. The highest BCUT2D eigenvalue weighted by Crippen LogP contribution is 2.44. The van der Waals surface area contributed by atoms with E-state index in [1.807, 2.05) is 18.2 Å². The SMILES string of the molecule is O=C(N[C@H](CN1CCCC1)[C@H](c1ccc(OC2CC2)c(Cl)c1)C1CCC1)C(F)(F)c1cc2cc(CF)ccc2o1. The van der Waals surface area contributed by atoms with Crippen molar-refractivity contribution < 1.29 is 27.1 Å². The summed E-state index contributed by atoms with van der Waals surface area (Å²) < 4.78 is 55.6. The quantitative estimate of drug-likeness (QED) is 0.260. The fourth-order valence-corrected chi connectivity index (χ4v) is 6.24. The maximum Gasteiger partial charge on any atom is 0.380 e. The van der Waals surface area contributed by atoms with Crippen molar-refractivity contribution in [3.63, 3.8) is 0 Å². The van der Waals surface area contributed by atoms with Crippen LogP contribution >= 0.6 is 11.6 Å². The number of carbonyl (C=O) groups excluding carboxylic acids is 1. The van der Waals surface area contributed by atoms with Gasteiger partial charge in [0, 0.05) is 23.9 Å². The molecular weight excluding hydrogens is 541 g/mol.